The van der Waals surface area contributed by atoms with Crippen LogP contribution in [-0.4, -0.2) is 19.9 Å². The van der Waals surface area contributed by atoms with E-state index in [1.54, 1.807) is 0 Å². The van der Waals surface area contributed by atoms with Crippen LogP contribution in [0.5, 0.6) is 0 Å². The van der Waals surface area contributed by atoms with Gasteiger partial charge in [0.05, 0.1) is 9.82 Å². The summed E-state index contributed by atoms with van der Waals surface area (Å²) in [6.07, 6.45) is 4.50. The number of nitro groups is 1. The van der Waals surface area contributed by atoms with Crippen LogP contribution in [0.25, 0.3) is 0 Å². The van der Waals surface area contributed by atoms with Crippen LogP contribution in [-0.2, 0) is 21.9 Å². The second-order valence-electron chi connectivity index (χ2n) is 7.47. The molecule has 0 aromatic heterocycles. The molecule has 142 valence electrons. The zero-order chi connectivity index (χ0) is 19.2. The van der Waals surface area contributed by atoms with Crippen molar-refractivity contribution in [2.45, 2.75) is 36.0 Å². The van der Waals surface area contributed by atoms with Gasteiger partial charge in [-0.25, -0.2) is 13.6 Å². The number of non-ortho nitro benzene ring substituents is 1. The quantitative estimate of drug-likeness (QED) is 0.604. The molecule has 1 saturated carbocycles. The minimum absolute atomic E-state index is 0.186. The van der Waals surface area contributed by atoms with Crippen LogP contribution < -0.4 is 10.5 Å². The van der Waals surface area contributed by atoms with Crippen LogP contribution in [0.3, 0.4) is 0 Å². The zero-order valence-corrected chi connectivity index (χ0v) is 15.5. The molecule has 0 radical (unpaired) electrons. The molecule has 2 aliphatic rings. The number of hydrogen-bond acceptors (Lipinski definition) is 5. The highest BCUT2D eigenvalue weighted by molar-refractivity contribution is 7.89. The maximum Gasteiger partial charge on any atom is 0.272 e. The standard InChI is InChI=1S/C19H21N3O4S/c20-27(25,26)17-9-15(8-16(10-17)22(23)24)21-12-14-11-19(14)7-3-5-13-4-1-2-6-18(13)19/h1-2,4,6,8-10,14,21H,3,5,7,11-12H2,(H2,20,25,26). The summed E-state index contributed by atoms with van der Waals surface area (Å²) in [6, 6.07) is 12.2. The van der Waals surface area contributed by atoms with Crippen molar-refractivity contribution < 1.29 is 13.3 Å². The van der Waals surface area contributed by atoms with Crippen LogP contribution in [0.1, 0.15) is 30.4 Å². The van der Waals surface area contributed by atoms with Crippen molar-refractivity contribution in [2.24, 2.45) is 11.1 Å². The first-order valence-corrected chi connectivity index (χ1v) is 10.5. The molecule has 1 fully saturated rings. The van der Waals surface area contributed by atoms with E-state index in [-0.39, 0.29) is 16.0 Å². The number of primary sulfonamides is 1. The van der Waals surface area contributed by atoms with Gasteiger partial charge in [0.15, 0.2) is 0 Å². The third-order valence-corrected chi connectivity index (χ3v) is 6.73. The van der Waals surface area contributed by atoms with Crippen LogP contribution in [0.2, 0.25) is 0 Å². The van der Waals surface area contributed by atoms with Gasteiger partial charge < -0.3 is 5.32 Å². The van der Waals surface area contributed by atoms with Gasteiger partial charge in [0, 0.05) is 29.8 Å². The van der Waals surface area contributed by atoms with E-state index in [1.807, 2.05) is 0 Å². The fourth-order valence-corrected chi connectivity index (χ4v) is 5.01. The lowest BCUT2D eigenvalue weighted by molar-refractivity contribution is -0.385. The normalized spacial score (nSPS) is 23.7. The smallest absolute Gasteiger partial charge is 0.272 e. The second kappa shape index (κ2) is 6.31. The molecule has 3 N–H and O–H groups in total. The number of anilines is 1. The van der Waals surface area contributed by atoms with E-state index in [0.717, 1.165) is 25.3 Å². The monoisotopic (exact) mass is 387 g/mol. The van der Waals surface area contributed by atoms with Crippen LogP contribution >= 0.6 is 0 Å². The molecule has 2 unspecified atom stereocenters. The number of nitrogens with zero attached hydrogens (tertiary/aromatic N) is 1. The number of sulfonamides is 1. The van der Waals surface area contributed by atoms with Crippen molar-refractivity contribution in [3.63, 3.8) is 0 Å². The number of aryl methyl sites for hydroxylation is 1. The first kappa shape index (κ1) is 17.9. The molecule has 7 nitrogen and oxygen atoms in total. The zero-order valence-electron chi connectivity index (χ0n) is 14.7. The van der Waals surface area contributed by atoms with Gasteiger partial charge in [0.25, 0.3) is 5.69 Å². The topological polar surface area (TPSA) is 115 Å². The van der Waals surface area contributed by atoms with Gasteiger partial charge in [-0.1, -0.05) is 24.3 Å². The van der Waals surface area contributed by atoms with Crippen molar-refractivity contribution in [3.05, 3.63) is 63.7 Å². The molecule has 0 aliphatic heterocycles. The molecule has 4 rings (SSSR count). The van der Waals surface area contributed by atoms with Crippen molar-refractivity contribution in [1.29, 1.82) is 0 Å². The number of nitrogens with one attached hydrogen (secondary N) is 1. The molecule has 2 aliphatic carbocycles. The molecule has 0 amide bonds. The Labute approximate surface area is 157 Å². The molecule has 27 heavy (non-hydrogen) atoms. The summed E-state index contributed by atoms with van der Waals surface area (Å²) >= 11 is 0. The number of hydrogen-bond donors (Lipinski definition) is 2. The SMILES string of the molecule is NS(=O)(=O)c1cc(NCC2CC23CCCc2ccccc23)cc([N+](=O)[O-])c1. The Morgan fingerprint density at radius 1 is 1.26 bits per heavy atom. The molecule has 2 atom stereocenters. The number of benzene rings is 2. The molecule has 2 aromatic rings. The Hall–Kier alpha value is -2.45. The third-order valence-electron chi connectivity index (χ3n) is 5.84. The van der Waals surface area contributed by atoms with E-state index in [4.69, 9.17) is 5.14 Å². The number of fused-ring (bicyclic) bond motifs is 2. The number of nitrogens with two attached hydrogens (primary N) is 1. The Morgan fingerprint density at radius 2 is 2.04 bits per heavy atom. The van der Waals surface area contributed by atoms with Crippen LogP contribution in [0, 0.1) is 16.0 Å². The first-order chi connectivity index (χ1) is 12.8. The van der Waals surface area contributed by atoms with Crippen LogP contribution in [0.4, 0.5) is 11.4 Å². The average molecular weight is 387 g/mol. The van der Waals surface area contributed by atoms with Gasteiger partial charge in [0.2, 0.25) is 10.0 Å². The van der Waals surface area contributed by atoms with E-state index in [1.165, 1.54) is 29.7 Å². The average Bonchev–Trinajstić information content (AvgIpc) is 3.32. The van der Waals surface area contributed by atoms with Crippen molar-refractivity contribution in [1.82, 2.24) is 0 Å². The molecule has 0 heterocycles. The van der Waals surface area contributed by atoms with Gasteiger partial charge in [-0.15, -0.1) is 0 Å². The molecule has 1 spiro atoms. The third kappa shape index (κ3) is 3.30. The van der Waals surface area contributed by atoms with Crippen molar-refractivity contribution >= 4 is 21.4 Å². The van der Waals surface area contributed by atoms with Gasteiger partial charge >= 0.3 is 0 Å². The Balaban J connectivity index is 1.54. The Bertz CT molecular complexity index is 1020. The maximum absolute atomic E-state index is 11.6. The molecule has 0 saturated heterocycles. The highest BCUT2D eigenvalue weighted by atomic mass is 32.2. The van der Waals surface area contributed by atoms with Crippen molar-refractivity contribution in [2.75, 3.05) is 11.9 Å². The molecule has 8 heteroatoms. The van der Waals surface area contributed by atoms with Gasteiger partial charge in [-0.3, -0.25) is 10.1 Å². The van der Waals surface area contributed by atoms with Gasteiger partial charge in [-0.2, -0.15) is 0 Å². The van der Waals surface area contributed by atoms with E-state index >= 15 is 0 Å². The van der Waals surface area contributed by atoms with Crippen LogP contribution in [0.15, 0.2) is 47.4 Å². The summed E-state index contributed by atoms with van der Waals surface area (Å²) < 4.78 is 23.2. The minimum Gasteiger partial charge on any atom is -0.384 e. The van der Waals surface area contributed by atoms with E-state index < -0.39 is 14.9 Å². The lowest BCUT2D eigenvalue weighted by Gasteiger charge is -2.27. The minimum atomic E-state index is -4.02. The van der Waals surface area contributed by atoms with Gasteiger partial charge in [0.1, 0.15) is 0 Å². The summed E-state index contributed by atoms with van der Waals surface area (Å²) in [5.41, 5.74) is 3.13. The number of rotatable bonds is 5. The Morgan fingerprint density at radius 3 is 2.78 bits per heavy atom. The lowest BCUT2D eigenvalue weighted by Crippen LogP contribution is -2.21. The molecular weight excluding hydrogens is 366 g/mol. The summed E-state index contributed by atoms with van der Waals surface area (Å²) in [7, 11) is -4.02. The van der Waals surface area contributed by atoms with Crippen molar-refractivity contribution in [3.8, 4) is 0 Å². The first-order valence-electron chi connectivity index (χ1n) is 8.94. The molecule has 2 aromatic carbocycles. The van der Waals surface area contributed by atoms with Gasteiger partial charge in [-0.05, 0) is 48.8 Å². The van der Waals surface area contributed by atoms with E-state index in [9.17, 15) is 18.5 Å². The summed E-state index contributed by atoms with van der Waals surface area (Å²) in [5.74, 6) is 0.427. The predicted molar refractivity (Wildman–Crippen MR) is 102 cm³/mol. The summed E-state index contributed by atoms with van der Waals surface area (Å²) in [5, 5.41) is 19.4. The summed E-state index contributed by atoms with van der Waals surface area (Å²) in [4.78, 5) is 10.2. The second-order valence-corrected chi connectivity index (χ2v) is 9.03. The Kier molecular flexibility index (Phi) is 4.20. The van der Waals surface area contributed by atoms with E-state index in [2.05, 4.69) is 29.6 Å². The molecular formula is C19H21N3O4S. The molecule has 0 bridgehead atoms. The fraction of sp³-hybridized carbons (Fsp3) is 0.368. The lowest BCUT2D eigenvalue weighted by atomic mass is 9.78. The fourth-order valence-electron chi connectivity index (χ4n) is 4.43. The largest absolute Gasteiger partial charge is 0.384 e. The highest BCUT2D eigenvalue weighted by Gasteiger charge is 2.55. The number of nitro benzene ring substituents is 1. The predicted octanol–water partition coefficient (Wildman–Crippen LogP) is 2.95. The maximum atomic E-state index is 11.6. The van der Waals surface area contributed by atoms with E-state index in [0.29, 0.717) is 18.2 Å². The summed E-state index contributed by atoms with van der Waals surface area (Å²) in [6.45, 7) is 0.638. The highest BCUT2D eigenvalue weighted by Crippen LogP contribution is 2.60.